The third-order valence-corrected chi connectivity index (χ3v) is 1.54. The first-order valence-corrected chi connectivity index (χ1v) is 3.36. The van der Waals surface area contributed by atoms with Crippen LogP contribution in [0.1, 0.15) is 0 Å². The van der Waals surface area contributed by atoms with E-state index in [1.54, 1.807) is 0 Å². The molecule has 0 N–H and O–H groups in total. The van der Waals surface area contributed by atoms with Crippen LogP contribution in [0.15, 0.2) is 12.1 Å². The SMILES string of the molecule is FCOc1cc(F)c(Cl)c(F)c1. The van der Waals surface area contributed by atoms with Gasteiger partial charge < -0.3 is 4.74 Å². The number of alkyl halides is 1. The molecule has 0 fully saturated rings. The molecule has 66 valence electrons. The predicted octanol–water partition coefficient (Wildman–Crippen LogP) is 2.92. The van der Waals surface area contributed by atoms with Gasteiger partial charge in [-0.15, -0.1) is 0 Å². The molecule has 5 heteroatoms. The van der Waals surface area contributed by atoms with E-state index in [1.807, 2.05) is 0 Å². The van der Waals surface area contributed by atoms with Crippen molar-refractivity contribution in [3.05, 3.63) is 28.8 Å². The molecule has 0 unspecified atom stereocenters. The van der Waals surface area contributed by atoms with Crippen LogP contribution in [0, 0.1) is 11.6 Å². The van der Waals surface area contributed by atoms with E-state index < -0.39 is 23.5 Å². The van der Waals surface area contributed by atoms with Crippen molar-refractivity contribution in [3.63, 3.8) is 0 Å². The van der Waals surface area contributed by atoms with Gasteiger partial charge in [-0.1, -0.05) is 11.6 Å². The summed E-state index contributed by atoms with van der Waals surface area (Å²) < 4.78 is 40.9. The van der Waals surface area contributed by atoms with Crippen LogP contribution in [0.2, 0.25) is 5.02 Å². The van der Waals surface area contributed by atoms with E-state index in [0.29, 0.717) is 0 Å². The van der Waals surface area contributed by atoms with Gasteiger partial charge in [0.25, 0.3) is 0 Å². The third kappa shape index (κ3) is 1.82. The highest BCUT2D eigenvalue weighted by atomic mass is 35.5. The van der Waals surface area contributed by atoms with Crippen molar-refractivity contribution < 1.29 is 17.9 Å². The van der Waals surface area contributed by atoms with Gasteiger partial charge in [0, 0.05) is 12.1 Å². The summed E-state index contributed by atoms with van der Waals surface area (Å²) >= 11 is 5.15. The first kappa shape index (κ1) is 9.19. The summed E-state index contributed by atoms with van der Waals surface area (Å²) in [5.41, 5.74) is 0. The van der Waals surface area contributed by atoms with Gasteiger partial charge in [0.15, 0.2) is 0 Å². The standard InChI is InChI=1S/C7H4ClF3O/c8-7-5(10)1-4(12-3-9)2-6(7)11/h1-2H,3H2. The molecule has 0 amide bonds. The summed E-state index contributed by atoms with van der Waals surface area (Å²) in [6, 6.07) is 1.62. The summed E-state index contributed by atoms with van der Waals surface area (Å²) in [5.74, 6) is -2.17. The molecule has 1 aromatic rings. The molecule has 0 aromatic heterocycles. The van der Waals surface area contributed by atoms with Gasteiger partial charge in [0.1, 0.15) is 22.4 Å². The van der Waals surface area contributed by atoms with Crippen LogP contribution in [0.25, 0.3) is 0 Å². The fourth-order valence-corrected chi connectivity index (χ4v) is 0.788. The number of rotatable bonds is 2. The van der Waals surface area contributed by atoms with Gasteiger partial charge in [0.05, 0.1) is 0 Å². The van der Waals surface area contributed by atoms with Crippen LogP contribution >= 0.6 is 11.6 Å². The zero-order chi connectivity index (χ0) is 9.14. The lowest BCUT2D eigenvalue weighted by Crippen LogP contribution is -1.93. The molecule has 0 bridgehead atoms. The second kappa shape index (κ2) is 3.67. The van der Waals surface area contributed by atoms with Crippen molar-refractivity contribution in [2.75, 3.05) is 6.86 Å². The Balaban J connectivity index is 3.04. The highest BCUT2D eigenvalue weighted by Gasteiger charge is 2.08. The molecule has 0 atom stereocenters. The van der Waals surface area contributed by atoms with E-state index in [0.717, 1.165) is 12.1 Å². The Morgan fingerprint density at radius 2 is 1.75 bits per heavy atom. The average molecular weight is 197 g/mol. The number of hydrogen-bond donors (Lipinski definition) is 0. The van der Waals surface area contributed by atoms with Crippen molar-refractivity contribution in [1.82, 2.24) is 0 Å². The molecule has 0 saturated heterocycles. The topological polar surface area (TPSA) is 9.23 Å². The zero-order valence-corrected chi connectivity index (χ0v) is 6.54. The minimum Gasteiger partial charge on any atom is -0.463 e. The molecule has 12 heavy (non-hydrogen) atoms. The first-order valence-electron chi connectivity index (χ1n) is 2.98. The molecule has 0 aliphatic carbocycles. The maximum Gasteiger partial charge on any atom is 0.228 e. The Morgan fingerprint density at radius 3 is 2.17 bits per heavy atom. The molecular weight excluding hydrogens is 193 g/mol. The Hall–Kier alpha value is -0.900. The molecule has 0 saturated carbocycles. The Morgan fingerprint density at radius 1 is 1.25 bits per heavy atom. The summed E-state index contributed by atoms with van der Waals surface area (Å²) in [6.07, 6.45) is 0. The molecule has 1 nitrogen and oxygen atoms in total. The van der Waals surface area contributed by atoms with Crippen molar-refractivity contribution in [2.24, 2.45) is 0 Å². The fraction of sp³-hybridized carbons (Fsp3) is 0.143. The monoisotopic (exact) mass is 196 g/mol. The summed E-state index contributed by atoms with van der Waals surface area (Å²) in [7, 11) is 0. The van der Waals surface area contributed by atoms with Gasteiger partial charge in [-0.05, 0) is 0 Å². The number of hydrogen-bond acceptors (Lipinski definition) is 1. The molecule has 1 rings (SSSR count). The zero-order valence-electron chi connectivity index (χ0n) is 5.78. The largest absolute Gasteiger partial charge is 0.463 e. The van der Waals surface area contributed by atoms with Gasteiger partial charge in [0.2, 0.25) is 6.86 Å². The third-order valence-electron chi connectivity index (χ3n) is 1.18. The molecule has 0 spiro atoms. The van der Waals surface area contributed by atoms with Crippen molar-refractivity contribution in [3.8, 4) is 5.75 Å². The lowest BCUT2D eigenvalue weighted by molar-refractivity contribution is 0.190. The quantitative estimate of drug-likeness (QED) is 0.661. The normalized spacial score (nSPS) is 10.0. The minimum atomic E-state index is -1.14. The lowest BCUT2D eigenvalue weighted by atomic mass is 10.3. The van der Waals surface area contributed by atoms with Gasteiger partial charge in [-0.25, -0.2) is 13.2 Å². The van der Waals surface area contributed by atoms with Crippen LogP contribution in [-0.2, 0) is 0 Å². The highest BCUT2D eigenvalue weighted by molar-refractivity contribution is 6.30. The van der Waals surface area contributed by atoms with Crippen molar-refractivity contribution in [1.29, 1.82) is 0 Å². The van der Waals surface area contributed by atoms with Gasteiger partial charge >= 0.3 is 0 Å². The van der Waals surface area contributed by atoms with Gasteiger partial charge in [-0.2, -0.15) is 0 Å². The number of benzene rings is 1. The second-order valence-electron chi connectivity index (χ2n) is 1.95. The van der Waals surface area contributed by atoms with E-state index in [2.05, 4.69) is 4.74 Å². The number of ether oxygens (including phenoxy) is 1. The smallest absolute Gasteiger partial charge is 0.228 e. The van der Waals surface area contributed by atoms with Crippen LogP contribution in [0.3, 0.4) is 0 Å². The molecule has 0 radical (unpaired) electrons. The van der Waals surface area contributed by atoms with E-state index in [9.17, 15) is 13.2 Å². The minimum absolute atomic E-state index is 0.225. The number of halogens is 4. The van der Waals surface area contributed by atoms with Crippen LogP contribution in [0.5, 0.6) is 5.75 Å². The molecular formula is C7H4ClF3O. The second-order valence-corrected chi connectivity index (χ2v) is 2.33. The van der Waals surface area contributed by atoms with Gasteiger partial charge in [-0.3, -0.25) is 0 Å². The summed E-state index contributed by atoms with van der Waals surface area (Å²) in [6.45, 7) is -1.14. The van der Waals surface area contributed by atoms with Crippen LogP contribution < -0.4 is 4.74 Å². The summed E-state index contributed by atoms with van der Waals surface area (Å²) in [5, 5.41) is -0.624. The van der Waals surface area contributed by atoms with Crippen molar-refractivity contribution >= 4 is 11.6 Å². The van der Waals surface area contributed by atoms with E-state index in [1.165, 1.54) is 0 Å². The predicted molar refractivity (Wildman–Crippen MR) is 38.0 cm³/mol. The maximum absolute atomic E-state index is 12.6. The first-order chi connectivity index (χ1) is 5.65. The van der Waals surface area contributed by atoms with Crippen molar-refractivity contribution in [2.45, 2.75) is 0 Å². The van der Waals surface area contributed by atoms with Crippen LogP contribution in [0.4, 0.5) is 13.2 Å². The van der Waals surface area contributed by atoms with E-state index >= 15 is 0 Å². The fourth-order valence-electron chi connectivity index (χ4n) is 0.679. The highest BCUT2D eigenvalue weighted by Crippen LogP contribution is 2.24. The van der Waals surface area contributed by atoms with E-state index in [4.69, 9.17) is 11.6 Å². The average Bonchev–Trinajstić information content (AvgIpc) is 2.01. The molecule has 1 aromatic carbocycles. The lowest BCUT2D eigenvalue weighted by Gasteiger charge is -2.02. The Bertz CT molecular complexity index is 267. The summed E-state index contributed by atoms with van der Waals surface area (Å²) in [4.78, 5) is 0. The van der Waals surface area contributed by atoms with Crippen LogP contribution in [-0.4, -0.2) is 6.86 Å². The maximum atomic E-state index is 12.6. The molecule has 0 aliphatic rings. The van der Waals surface area contributed by atoms with E-state index in [-0.39, 0.29) is 5.75 Å². The molecule has 0 heterocycles. The Labute approximate surface area is 71.7 Å². The Kier molecular flexibility index (Phi) is 2.81. The molecule has 0 aliphatic heterocycles.